The molecule has 0 atom stereocenters. The van der Waals surface area contributed by atoms with Crippen LogP contribution in [0.5, 0.6) is 11.5 Å². The van der Waals surface area contributed by atoms with E-state index in [1.807, 2.05) is 24.3 Å². The van der Waals surface area contributed by atoms with E-state index in [9.17, 15) is 0 Å². The molecule has 1 aromatic heterocycles. The molecule has 18 heavy (non-hydrogen) atoms. The van der Waals surface area contributed by atoms with Gasteiger partial charge < -0.3 is 15.2 Å². The van der Waals surface area contributed by atoms with Gasteiger partial charge in [-0.25, -0.2) is 4.98 Å². The Balaban J connectivity index is 1.92. The maximum absolute atomic E-state index is 6.01. The minimum absolute atomic E-state index is 0.569. The van der Waals surface area contributed by atoms with Gasteiger partial charge in [0.25, 0.3) is 0 Å². The lowest BCUT2D eigenvalue weighted by Gasteiger charge is -2.19. The topological polar surface area (TPSA) is 57.4 Å². The molecular weight excluding hydrogens is 248 g/mol. The largest absolute Gasteiger partial charge is 0.486 e. The molecule has 0 aliphatic carbocycles. The van der Waals surface area contributed by atoms with E-state index in [-0.39, 0.29) is 0 Å². The first-order valence-corrected chi connectivity index (χ1v) is 6.42. The van der Waals surface area contributed by atoms with E-state index in [4.69, 9.17) is 15.2 Å². The Hall–Kier alpha value is -1.88. The number of aromatic nitrogens is 1. The molecule has 92 valence electrons. The number of nitrogen functional groups attached to an aromatic ring is 1. The predicted octanol–water partition coefficient (Wildman–Crippen LogP) is 2.59. The second-order valence-corrected chi connectivity index (χ2v) is 4.87. The van der Waals surface area contributed by atoms with Crippen molar-refractivity contribution in [1.29, 1.82) is 0 Å². The van der Waals surface area contributed by atoms with E-state index in [0.29, 0.717) is 24.7 Å². The van der Waals surface area contributed by atoms with Gasteiger partial charge in [-0.2, -0.15) is 0 Å². The zero-order chi connectivity index (χ0) is 12.4. The molecule has 0 bridgehead atoms. The van der Waals surface area contributed by atoms with Gasteiger partial charge in [0, 0.05) is 28.9 Å². The van der Waals surface area contributed by atoms with Gasteiger partial charge >= 0.3 is 0 Å². The number of fused-ring (bicyclic) bond motifs is 1. The van der Waals surface area contributed by atoms with Crippen molar-refractivity contribution in [3.63, 3.8) is 0 Å². The number of nitrogens with two attached hydrogens (primary N) is 1. The molecule has 4 nitrogen and oxygen atoms in total. The molecule has 2 aromatic rings. The van der Waals surface area contributed by atoms with Gasteiger partial charge in [0.2, 0.25) is 0 Å². The standard InChI is InChI=1S/C13H12N2O2S/c14-9-7-10-11(17-6-5-16-10)8-12(9)18-13-3-1-2-4-15-13/h1-4,7-8H,5-6,14H2. The number of ether oxygens (including phenoxy) is 2. The van der Waals surface area contributed by atoms with Crippen molar-refractivity contribution < 1.29 is 9.47 Å². The second-order valence-electron chi connectivity index (χ2n) is 3.80. The first kappa shape index (κ1) is 11.2. The van der Waals surface area contributed by atoms with Crippen LogP contribution < -0.4 is 15.2 Å². The highest BCUT2D eigenvalue weighted by Gasteiger charge is 2.15. The minimum Gasteiger partial charge on any atom is -0.486 e. The quantitative estimate of drug-likeness (QED) is 0.841. The molecule has 0 radical (unpaired) electrons. The number of nitrogens with zero attached hydrogens (tertiary/aromatic N) is 1. The fraction of sp³-hybridized carbons (Fsp3) is 0.154. The van der Waals surface area contributed by atoms with Crippen LogP contribution in [0.25, 0.3) is 0 Å². The van der Waals surface area contributed by atoms with Crippen molar-refractivity contribution in [3.8, 4) is 11.5 Å². The predicted molar refractivity (Wildman–Crippen MR) is 70.2 cm³/mol. The molecule has 0 fully saturated rings. The van der Waals surface area contributed by atoms with Crippen LogP contribution in [-0.2, 0) is 0 Å². The van der Waals surface area contributed by atoms with Crippen LogP contribution in [0.1, 0.15) is 0 Å². The van der Waals surface area contributed by atoms with Gasteiger partial charge in [-0.15, -0.1) is 0 Å². The van der Waals surface area contributed by atoms with Gasteiger partial charge in [-0.05, 0) is 12.1 Å². The van der Waals surface area contributed by atoms with Gasteiger partial charge in [-0.3, -0.25) is 0 Å². The molecule has 0 saturated carbocycles. The molecule has 5 heteroatoms. The Bertz CT molecular complexity index is 560. The molecule has 1 aliphatic heterocycles. The van der Waals surface area contributed by atoms with Gasteiger partial charge in [-0.1, -0.05) is 17.8 Å². The summed E-state index contributed by atoms with van der Waals surface area (Å²) >= 11 is 1.52. The first-order valence-electron chi connectivity index (χ1n) is 5.61. The average molecular weight is 260 g/mol. The third-order valence-electron chi connectivity index (χ3n) is 2.53. The highest BCUT2D eigenvalue weighted by atomic mass is 32.2. The van der Waals surface area contributed by atoms with Gasteiger partial charge in [0.05, 0.1) is 0 Å². The lowest BCUT2D eigenvalue weighted by atomic mass is 10.2. The van der Waals surface area contributed by atoms with Crippen LogP contribution in [0.4, 0.5) is 5.69 Å². The van der Waals surface area contributed by atoms with Crippen LogP contribution in [0.3, 0.4) is 0 Å². The summed E-state index contributed by atoms with van der Waals surface area (Å²) in [6.45, 7) is 1.14. The molecule has 1 aromatic carbocycles. The number of hydrogen-bond acceptors (Lipinski definition) is 5. The normalized spacial score (nSPS) is 13.3. The highest BCUT2D eigenvalue weighted by molar-refractivity contribution is 7.99. The maximum Gasteiger partial charge on any atom is 0.163 e. The first-order chi connectivity index (χ1) is 8.83. The Morgan fingerprint density at radius 1 is 1.11 bits per heavy atom. The van der Waals surface area contributed by atoms with Crippen LogP contribution in [-0.4, -0.2) is 18.2 Å². The van der Waals surface area contributed by atoms with Crippen molar-refractivity contribution in [1.82, 2.24) is 4.98 Å². The maximum atomic E-state index is 6.01. The Kier molecular flexibility index (Phi) is 2.98. The third-order valence-corrected chi connectivity index (χ3v) is 3.55. The number of hydrogen-bond donors (Lipinski definition) is 1. The Morgan fingerprint density at radius 2 is 1.89 bits per heavy atom. The number of rotatable bonds is 2. The zero-order valence-corrected chi connectivity index (χ0v) is 10.4. The van der Waals surface area contributed by atoms with Crippen molar-refractivity contribution in [2.45, 2.75) is 9.92 Å². The molecule has 0 spiro atoms. The molecule has 3 rings (SSSR count). The summed E-state index contributed by atoms with van der Waals surface area (Å²) in [5.74, 6) is 1.46. The highest BCUT2D eigenvalue weighted by Crippen LogP contribution is 2.40. The molecule has 0 amide bonds. The van der Waals surface area contributed by atoms with Crippen LogP contribution in [0.2, 0.25) is 0 Å². The SMILES string of the molecule is Nc1cc2c(cc1Sc1ccccn1)OCCO2. The lowest BCUT2D eigenvalue weighted by molar-refractivity contribution is 0.171. The number of pyridine rings is 1. The van der Waals surface area contributed by atoms with E-state index in [1.54, 1.807) is 12.3 Å². The summed E-state index contributed by atoms with van der Waals surface area (Å²) in [6.07, 6.45) is 1.76. The third kappa shape index (κ3) is 2.22. The van der Waals surface area contributed by atoms with Crippen molar-refractivity contribution in [2.75, 3.05) is 18.9 Å². The zero-order valence-electron chi connectivity index (χ0n) is 9.63. The lowest BCUT2D eigenvalue weighted by Crippen LogP contribution is -2.15. The van der Waals surface area contributed by atoms with E-state index in [2.05, 4.69) is 4.98 Å². The van der Waals surface area contributed by atoms with Crippen molar-refractivity contribution >= 4 is 17.4 Å². The summed E-state index contributed by atoms with van der Waals surface area (Å²) in [5, 5.41) is 0.904. The van der Waals surface area contributed by atoms with Crippen LogP contribution in [0.15, 0.2) is 46.5 Å². The Morgan fingerprint density at radius 3 is 2.61 bits per heavy atom. The number of benzene rings is 1. The molecule has 0 unspecified atom stereocenters. The van der Waals surface area contributed by atoms with Gasteiger partial charge in [0.15, 0.2) is 11.5 Å². The van der Waals surface area contributed by atoms with Crippen molar-refractivity contribution in [3.05, 3.63) is 36.5 Å². The van der Waals surface area contributed by atoms with E-state index in [0.717, 1.165) is 15.7 Å². The molecular formula is C13H12N2O2S. The second kappa shape index (κ2) is 4.78. The molecule has 1 aliphatic rings. The van der Waals surface area contributed by atoms with E-state index < -0.39 is 0 Å². The van der Waals surface area contributed by atoms with Crippen LogP contribution >= 0.6 is 11.8 Å². The van der Waals surface area contributed by atoms with E-state index >= 15 is 0 Å². The fourth-order valence-corrected chi connectivity index (χ4v) is 2.52. The monoisotopic (exact) mass is 260 g/mol. The smallest absolute Gasteiger partial charge is 0.163 e. The van der Waals surface area contributed by atoms with E-state index in [1.165, 1.54) is 11.8 Å². The Labute approximate surface area is 109 Å². The fourth-order valence-electron chi connectivity index (χ4n) is 1.69. The summed E-state index contributed by atoms with van der Waals surface area (Å²) in [5.41, 5.74) is 6.68. The molecule has 0 saturated heterocycles. The summed E-state index contributed by atoms with van der Waals surface area (Å²) in [6, 6.07) is 9.49. The van der Waals surface area contributed by atoms with Crippen LogP contribution in [0, 0.1) is 0 Å². The number of anilines is 1. The summed E-state index contributed by atoms with van der Waals surface area (Å²) in [7, 11) is 0. The molecule has 2 heterocycles. The summed E-state index contributed by atoms with van der Waals surface area (Å²) in [4.78, 5) is 5.19. The minimum atomic E-state index is 0.569. The van der Waals surface area contributed by atoms with Gasteiger partial charge in [0.1, 0.15) is 18.2 Å². The van der Waals surface area contributed by atoms with Crippen molar-refractivity contribution in [2.24, 2.45) is 0 Å². The average Bonchev–Trinajstić information content (AvgIpc) is 2.41. The molecule has 2 N–H and O–H groups in total. The summed E-state index contributed by atoms with van der Waals surface area (Å²) < 4.78 is 11.0.